The van der Waals surface area contributed by atoms with Crippen LogP contribution < -0.4 is 4.90 Å². The van der Waals surface area contributed by atoms with Gasteiger partial charge < -0.3 is 9.64 Å². The van der Waals surface area contributed by atoms with Gasteiger partial charge in [-0.1, -0.05) is 25.6 Å². The van der Waals surface area contributed by atoms with Crippen molar-refractivity contribution >= 4 is 29.0 Å². The molecule has 0 spiro atoms. The lowest BCUT2D eigenvalue weighted by atomic mass is 10.2. The first-order valence-electron chi connectivity index (χ1n) is 7.93. The molecule has 2 aromatic rings. The van der Waals surface area contributed by atoms with Crippen molar-refractivity contribution in [2.45, 2.75) is 38.2 Å². The number of aromatic nitrogens is 4. The Bertz CT molecular complexity index is 634. The van der Waals surface area contributed by atoms with E-state index in [1.807, 2.05) is 6.92 Å². The van der Waals surface area contributed by atoms with Gasteiger partial charge in [0.25, 0.3) is 0 Å². The average Bonchev–Trinajstić information content (AvgIpc) is 3.12. The van der Waals surface area contributed by atoms with Crippen LogP contribution in [-0.2, 0) is 17.0 Å². The largest absolute Gasteiger partial charge is 0.378 e. The van der Waals surface area contributed by atoms with E-state index >= 15 is 0 Å². The maximum Gasteiger partial charge on any atom is 0.228 e. The lowest BCUT2D eigenvalue weighted by Gasteiger charge is -2.28. The van der Waals surface area contributed by atoms with Gasteiger partial charge in [0.2, 0.25) is 5.95 Å². The second-order valence-electron chi connectivity index (χ2n) is 6.03. The van der Waals surface area contributed by atoms with Gasteiger partial charge in [-0.3, -0.25) is 4.57 Å². The number of rotatable bonds is 6. The molecule has 1 aliphatic heterocycles. The topological polar surface area (TPSA) is 56.1 Å². The van der Waals surface area contributed by atoms with Gasteiger partial charge >= 0.3 is 0 Å². The first kappa shape index (κ1) is 16.7. The zero-order valence-corrected chi connectivity index (χ0v) is 15.5. The van der Waals surface area contributed by atoms with Gasteiger partial charge in [0.1, 0.15) is 0 Å². The molecular formula is C15H23N5OS2. The zero-order valence-electron chi connectivity index (χ0n) is 13.9. The van der Waals surface area contributed by atoms with Crippen molar-refractivity contribution in [2.75, 3.05) is 31.2 Å². The van der Waals surface area contributed by atoms with Crippen LogP contribution in [0.1, 0.15) is 24.5 Å². The van der Waals surface area contributed by atoms with Crippen LogP contribution in [0, 0.1) is 12.8 Å². The number of thiazole rings is 1. The van der Waals surface area contributed by atoms with Crippen LogP contribution in [-0.4, -0.2) is 46.1 Å². The van der Waals surface area contributed by atoms with Crippen molar-refractivity contribution in [3.05, 3.63) is 16.1 Å². The Morgan fingerprint density at radius 1 is 1.30 bits per heavy atom. The average molecular weight is 354 g/mol. The number of aryl methyl sites for hydroxylation is 1. The summed E-state index contributed by atoms with van der Waals surface area (Å²) >= 11 is 3.41. The number of ether oxygens (including phenoxy) is 1. The molecule has 3 rings (SSSR count). The Kier molecular flexibility index (Phi) is 5.55. The number of hydrogen-bond donors (Lipinski definition) is 0. The van der Waals surface area contributed by atoms with Crippen molar-refractivity contribution in [3.8, 4) is 0 Å². The van der Waals surface area contributed by atoms with Crippen LogP contribution >= 0.6 is 23.1 Å². The monoisotopic (exact) mass is 353 g/mol. The van der Waals surface area contributed by atoms with Crippen LogP contribution in [0.4, 0.5) is 5.95 Å². The number of thioether (sulfide) groups is 1. The van der Waals surface area contributed by atoms with E-state index in [1.54, 1.807) is 23.1 Å². The minimum atomic E-state index is 0.548. The highest BCUT2D eigenvalue weighted by Crippen LogP contribution is 2.27. The fourth-order valence-corrected chi connectivity index (χ4v) is 4.08. The predicted octanol–water partition coefficient (Wildman–Crippen LogP) is 2.83. The third kappa shape index (κ3) is 4.24. The quantitative estimate of drug-likeness (QED) is 0.745. The normalized spacial score (nSPS) is 15.6. The van der Waals surface area contributed by atoms with Crippen molar-refractivity contribution < 1.29 is 4.74 Å². The zero-order chi connectivity index (χ0) is 16.2. The number of nitrogens with zero attached hydrogens (tertiary/aromatic N) is 5. The summed E-state index contributed by atoms with van der Waals surface area (Å²) in [4.78, 5) is 6.80. The van der Waals surface area contributed by atoms with Crippen LogP contribution in [0.15, 0.2) is 10.5 Å². The van der Waals surface area contributed by atoms with Crippen LogP contribution in [0.2, 0.25) is 0 Å². The molecule has 23 heavy (non-hydrogen) atoms. The lowest BCUT2D eigenvalue weighted by molar-refractivity contribution is 0.121. The molecule has 1 fully saturated rings. The summed E-state index contributed by atoms with van der Waals surface area (Å²) in [5, 5.41) is 13.1. The van der Waals surface area contributed by atoms with Gasteiger partial charge in [-0.15, -0.1) is 21.5 Å². The molecular weight excluding hydrogens is 330 g/mol. The molecule has 0 radical (unpaired) electrons. The summed E-state index contributed by atoms with van der Waals surface area (Å²) in [6.45, 7) is 10.7. The first-order valence-corrected chi connectivity index (χ1v) is 9.79. The molecule has 0 bridgehead atoms. The highest BCUT2D eigenvalue weighted by atomic mass is 32.2. The minimum absolute atomic E-state index is 0.548. The van der Waals surface area contributed by atoms with Gasteiger partial charge in [0.15, 0.2) is 5.16 Å². The van der Waals surface area contributed by atoms with Gasteiger partial charge in [-0.05, 0) is 12.8 Å². The van der Waals surface area contributed by atoms with Gasteiger partial charge in [0, 0.05) is 30.8 Å². The van der Waals surface area contributed by atoms with Gasteiger partial charge in [-0.2, -0.15) is 0 Å². The molecule has 0 aliphatic carbocycles. The van der Waals surface area contributed by atoms with E-state index in [0.717, 1.165) is 60.4 Å². The van der Waals surface area contributed by atoms with Crippen molar-refractivity contribution in [2.24, 2.45) is 5.92 Å². The molecule has 0 atom stereocenters. The SMILES string of the molecule is Cc1nc(CSc2nnc(N3CCOCC3)n2CC(C)C)cs1. The summed E-state index contributed by atoms with van der Waals surface area (Å²) in [7, 11) is 0. The maximum atomic E-state index is 5.45. The van der Waals surface area contributed by atoms with E-state index in [2.05, 4.69) is 43.9 Å². The minimum Gasteiger partial charge on any atom is -0.378 e. The second kappa shape index (κ2) is 7.63. The summed E-state index contributed by atoms with van der Waals surface area (Å²) in [6, 6.07) is 0. The molecule has 0 N–H and O–H groups in total. The third-order valence-corrected chi connectivity index (χ3v) is 5.38. The van der Waals surface area contributed by atoms with E-state index in [-0.39, 0.29) is 0 Å². The van der Waals surface area contributed by atoms with Crippen LogP contribution in [0.3, 0.4) is 0 Å². The van der Waals surface area contributed by atoms with Crippen molar-refractivity contribution in [1.82, 2.24) is 19.7 Å². The second-order valence-corrected chi connectivity index (χ2v) is 8.04. The highest BCUT2D eigenvalue weighted by Gasteiger charge is 2.21. The Morgan fingerprint density at radius 2 is 2.09 bits per heavy atom. The molecule has 126 valence electrons. The van der Waals surface area contributed by atoms with Crippen LogP contribution in [0.25, 0.3) is 0 Å². The smallest absolute Gasteiger partial charge is 0.228 e. The van der Waals surface area contributed by atoms with E-state index in [0.29, 0.717) is 5.92 Å². The summed E-state index contributed by atoms with van der Waals surface area (Å²) < 4.78 is 7.70. The van der Waals surface area contributed by atoms with Crippen LogP contribution in [0.5, 0.6) is 0 Å². The number of anilines is 1. The fraction of sp³-hybridized carbons (Fsp3) is 0.667. The molecule has 1 saturated heterocycles. The molecule has 0 unspecified atom stereocenters. The van der Waals surface area contributed by atoms with Crippen molar-refractivity contribution in [3.63, 3.8) is 0 Å². The first-order chi connectivity index (χ1) is 11.1. The molecule has 0 saturated carbocycles. The molecule has 6 nitrogen and oxygen atoms in total. The molecule has 3 heterocycles. The molecule has 0 amide bonds. The van der Waals surface area contributed by atoms with E-state index in [4.69, 9.17) is 4.74 Å². The summed E-state index contributed by atoms with van der Waals surface area (Å²) in [6.07, 6.45) is 0. The molecule has 8 heteroatoms. The van der Waals surface area contributed by atoms with E-state index in [9.17, 15) is 0 Å². The van der Waals surface area contributed by atoms with E-state index in [1.165, 1.54) is 0 Å². The maximum absolute atomic E-state index is 5.45. The van der Waals surface area contributed by atoms with E-state index < -0.39 is 0 Å². The summed E-state index contributed by atoms with van der Waals surface area (Å²) in [5.74, 6) is 2.36. The Hall–Kier alpha value is -1.12. The summed E-state index contributed by atoms with van der Waals surface area (Å²) in [5.41, 5.74) is 1.12. The van der Waals surface area contributed by atoms with Gasteiger partial charge in [-0.25, -0.2) is 4.98 Å². The third-order valence-electron chi connectivity index (χ3n) is 3.55. The lowest BCUT2D eigenvalue weighted by Crippen LogP contribution is -2.38. The Morgan fingerprint density at radius 3 is 2.74 bits per heavy atom. The molecule has 0 aromatic carbocycles. The predicted molar refractivity (Wildman–Crippen MR) is 94.3 cm³/mol. The highest BCUT2D eigenvalue weighted by molar-refractivity contribution is 7.98. The standard InChI is InChI=1S/C15H23N5OS2/c1-11(2)8-20-14(19-4-6-21-7-5-19)17-18-15(20)23-10-13-9-22-12(3)16-13/h9,11H,4-8,10H2,1-3H3. The van der Waals surface area contributed by atoms with Gasteiger partial charge in [0.05, 0.1) is 23.9 Å². The fourth-order valence-electron chi connectivity index (χ4n) is 2.52. The Balaban J connectivity index is 1.76. The number of morpholine rings is 1. The molecule has 2 aromatic heterocycles. The Labute approximate surface area is 145 Å². The van der Waals surface area contributed by atoms with Crippen molar-refractivity contribution in [1.29, 1.82) is 0 Å². The molecule has 1 aliphatic rings. The number of hydrogen-bond acceptors (Lipinski definition) is 7.